The molecule has 0 aliphatic heterocycles. The monoisotopic (exact) mass is 443 g/mol. The molecule has 0 saturated carbocycles. The van der Waals surface area contributed by atoms with Gasteiger partial charge in [-0.05, 0) is 30.5 Å². The van der Waals surface area contributed by atoms with Crippen molar-refractivity contribution in [1.82, 2.24) is 23.1 Å². The highest BCUT2D eigenvalue weighted by Crippen LogP contribution is 2.29. The molecule has 0 radical (unpaired) electrons. The van der Waals surface area contributed by atoms with Crippen LogP contribution in [0.25, 0.3) is 33.9 Å². The van der Waals surface area contributed by atoms with Gasteiger partial charge in [-0.1, -0.05) is 49.4 Å². The highest BCUT2D eigenvalue weighted by Gasteiger charge is 2.22. The molecule has 0 amide bonds. The van der Waals surface area contributed by atoms with Crippen LogP contribution >= 0.6 is 0 Å². The van der Waals surface area contributed by atoms with E-state index in [1.807, 2.05) is 53.2 Å². The maximum Gasteiger partial charge on any atom is 0.332 e. The zero-order valence-corrected chi connectivity index (χ0v) is 18.6. The smallest absolute Gasteiger partial charge is 0.332 e. The molecule has 0 aliphatic carbocycles. The number of aliphatic hydroxyl groups is 1. The average Bonchev–Trinajstić information content (AvgIpc) is 3.40. The first kappa shape index (κ1) is 21.0. The van der Waals surface area contributed by atoms with Crippen molar-refractivity contribution in [2.75, 3.05) is 6.61 Å². The molecule has 8 heteroatoms. The molecular weight excluding hydrogens is 418 g/mol. The van der Waals surface area contributed by atoms with Crippen LogP contribution in [0.4, 0.5) is 0 Å². The predicted molar refractivity (Wildman–Crippen MR) is 128 cm³/mol. The number of imidazole rings is 2. The van der Waals surface area contributed by atoms with Gasteiger partial charge >= 0.3 is 5.69 Å². The van der Waals surface area contributed by atoms with Crippen molar-refractivity contribution in [3.8, 4) is 16.9 Å². The van der Waals surface area contributed by atoms with E-state index in [1.54, 1.807) is 11.4 Å². The largest absolute Gasteiger partial charge is 0.396 e. The Morgan fingerprint density at radius 1 is 1.00 bits per heavy atom. The van der Waals surface area contributed by atoms with Crippen molar-refractivity contribution >= 4 is 16.9 Å². The Balaban J connectivity index is 1.88. The third kappa shape index (κ3) is 3.30. The minimum atomic E-state index is -0.441. The van der Waals surface area contributed by atoms with Crippen LogP contribution in [0, 0.1) is 0 Å². The van der Waals surface area contributed by atoms with Gasteiger partial charge in [-0.15, -0.1) is 0 Å². The van der Waals surface area contributed by atoms with Gasteiger partial charge in [-0.2, -0.15) is 4.98 Å². The van der Waals surface area contributed by atoms with Crippen LogP contribution in [0.3, 0.4) is 0 Å². The number of aromatic nitrogens is 5. The van der Waals surface area contributed by atoms with Gasteiger partial charge in [0.25, 0.3) is 5.56 Å². The Morgan fingerprint density at radius 2 is 1.73 bits per heavy atom. The zero-order valence-electron chi connectivity index (χ0n) is 18.6. The fraction of sp³-hybridized carbons (Fsp3) is 0.240. The van der Waals surface area contributed by atoms with Gasteiger partial charge in [0.15, 0.2) is 11.2 Å². The highest BCUT2D eigenvalue weighted by atomic mass is 16.3. The first-order valence-electron chi connectivity index (χ1n) is 11.0. The molecule has 168 valence electrons. The molecule has 3 aromatic heterocycles. The molecule has 1 N–H and O–H groups in total. The second-order valence-electron chi connectivity index (χ2n) is 8.07. The van der Waals surface area contributed by atoms with Crippen molar-refractivity contribution in [2.45, 2.75) is 26.3 Å². The molecule has 2 aromatic carbocycles. The Labute approximate surface area is 189 Å². The van der Waals surface area contributed by atoms with Crippen LogP contribution in [0.2, 0.25) is 0 Å². The lowest BCUT2D eigenvalue weighted by Gasteiger charge is -2.10. The standard InChI is InChI=1S/C25H25N5O3/c1-3-17-10-12-19(13-11-17)30-20(18-8-5-4-6-9-18)16-29-21-22(26-24(29)30)27(2)25(33)28(23(21)32)14-7-15-31/h4-6,8-13,16,31H,3,7,14-15H2,1-2H3. The number of hydrogen-bond acceptors (Lipinski definition) is 4. The van der Waals surface area contributed by atoms with Crippen molar-refractivity contribution in [3.05, 3.63) is 87.2 Å². The third-order valence-electron chi connectivity index (χ3n) is 6.06. The first-order chi connectivity index (χ1) is 16.0. The SMILES string of the molecule is CCc1ccc(-n2c(-c3ccccc3)cn3c4c(=O)n(CCCO)c(=O)n(C)c4nc23)cc1. The molecule has 0 unspecified atom stereocenters. The van der Waals surface area contributed by atoms with E-state index in [9.17, 15) is 14.7 Å². The summed E-state index contributed by atoms with van der Waals surface area (Å²) in [5, 5.41) is 9.21. The summed E-state index contributed by atoms with van der Waals surface area (Å²) in [5.41, 5.74) is 3.84. The summed E-state index contributed by atoms with van der Waals surface area (Å²) in [6.45, 7) is 2.16. The molecule has 0 atom stereocenters. The molecule has 8 nitrogen and oxygen atoms in total. The minimum absolute atomic E-state index is 0.0995. The van der Waals surface area contributed by atoms with Crippen LogP contribution in [0.15, 0.2) is 70.4 Å². The quantitative estimate of drug-likeness (QED) is 0.437. The number of aryl methyl sites for hydroxylation is 2. The third-order valence-corrected chi connectivity index (χ3v) is 6.06. The van der Waals surface area contributed by atoms with E-state index >= 15 is 0 Å². The lowest BCUT2D eigenvalue weighted by molar-refractivity contribution is 0.277. The van der Waals surface area contributed by atoms with Crippen molar-refractivity contribution < 1.29 is 5.11 Å². The minimum Gasteiger partial charge on any atom is -0.396 e. The molecule has 5 aromatic rings. The van der Waals surface area contributed by atoms with Crippen LogP contribution in [-0.2, 0) is 20.0 Å². The Kier molecular flexibility index (Phi) is 5.22. The summed E-state index contributed by atoms with van der Waals surface area (Å²) in [4.78, 5) is 30.9. The van der Waals surface area contributed by atoms with Crippen LogP contribution < -0.4 is 11.2 Å². The lowest BCUT2D eigenvalue weighted by atomic mass is 10.1. The van der Waals surface area contributed by atoms with E-state index < -0.39 is 11.2 Å². The first-order valence-corrected chi connectivity index (χ1v) is 11.0. The summed E-state index contributed by atoms with van der Waals surface area (Å²) >= 11 is 0. The topological polar surface area (TPSA) is 86.5 Å². The van der Waals surface area contributed by atoms with E-state index in [1.165, 1.54) is 14.7 Å². The van der Waals surface area contributed by atoms with E-state index in [2.05, 4.69) is 19.1 Å². The normalized spacial score (nSPS) is 11.6. The van der Waals surface area contributed by atoms with Crippen molar-refractivity contribution in [3.63, 3.8) is 0 Å². The molecule has 0 aliphatic rings. The second-order valence-corrected chi connectivity index (χ2v) is 8.07. The lowest BCUT2D eigenvalue weighted by Crippen LogP contribution is -2.39. The van der Waals surface area contributed by atoms with E-state index in [4.69, 9.17) is 4.98 Å². The summed E-state index contributed by atoms with van der Waals surface area (Å²) in [6.07, 6.45) is 3.16. The maximum atomic E-state index is 13.4. The van der Waals surface area contributed by atoms with Crippen molar-refractivity contribution in [1.29, 1.82) is 0 Å². The van der Waals surface area contributed by atoms with E-state index in [0.717, 1.165) is 23.4 Å². The van der Waals surface area contributed by atoms with Gasteiger partial charge in [0.2, 0.25) is 5.78 Å². The van der Waals surface area contributed by atoms with Crippen molar-refractivity contribution in [2.24, 2.45) is 7.05 Å². The molecule has 3 heterocycles. The predicted octanol–water partition coefficient (Wildman–Crippen LogP) is 2.75. The van der Waals surface area contributed by atoms with Gasteiger partial charge in [0, 0.05) is 37.6 Å². The molecule has 33 heavy (non-hydrogen) atoms. The second kappa shape index (κ2) is 8.22. The summed E-state index contributed by atoms with van der Waals surface area (Å²) in [7, 11) is 1.62. The van der Waals surface area contributed by atoms with Gasteiger partial charge in [-0.25, -0.2) is 4.79 Å². The fourth-order valence-corrected chi connectivity index (χ4v) is 4.27. The number of aliphatic hydroxyl groups excluding tert-OH is 1. The average molecular weight is 444 g/mol. The van der Waals surface area contributed by atoms with Gasteiger partial charge in [0.1, 0.15) is 0 Å². The molecular formula is C25H25N5O3. The Morgan fingerprint density at radius 3 is 2.39 bits per heavy atom. The summed E-state index contributed by atoms with van der Waals surface area (Å²) in [6, 6.07) is 18.2. The summed E-state index contributed by atoms with van der Waals surface area (Å²) < 4.78 is 6.34. The molecule has 0 saturated heterocycles. The van der Waals surface area contributed by atoms with Crippen LogP contribution in [0.5, 0.6) is 0 Å². The Hall–Kier alpha value is -3.91. The number of rotatable bonds is 6. The number of benzene rings is 2. The van der Waals surface area contributed by atoms with Crippen LogP contribution in [-0.4, -0.2) is 34.8 Å². The summed E-state index contributed by atoms with van der Waals surface area (Å²) in [5.74, 6) is 0.556. The van der Waals surface area contributed by atoms with Gasteiger partial charge in [0.05, 0.1) is 5.69 Å². The zero-order chi connectivity index (χ0) is 23.1. The number of fused-ring (bicyclic) bond motifs is 3. The van der Waals surface area contributed by atoms with Crippen LogP contribution in [0.1, 0.15) is 18.9 Å². The highest BCUT2D eigenvalue weighted by molar-refractivity contribution is 5.79. The fourth-order valence-electron chi connectivity index (χ4n) is 4.27. The molecule has 0 bridgehead atoms. The van der Waals surface area contributed by atoms with Gasteiger partial charge < -0.3 is 5.11 Å². The molecule has 0 fully saturated rings. The Bertz CT molecular complexity index is 1570. The van der Waals surface area contributed by atoms with E-state index in [0.29, 0.717) is 23.4 Å². The van der Waals surface area contributed by atoms with Gasteiger partial charge in [-0.3, -0.25) is 22.9 Å². The number of hydrogen-bond donors (Lipinski definition) is 1. The number of nitrogens with zero attached hydrogens (tertiary/aromatic N) is 5. The maximum absolute atomic E-state index is 13.4. The van der Waals surface area contributed by atoms with E-state index in [-0.39, 0.29) is 13.2 Å². The molecule has 0 spiro atoms. The molecule has 5 rings (SSSR count).